The van der Waals surface area contributed by atoms with Gasteiger partial charge in [-0.15, -0.1) is 0 Å². The van der Waals surface area contributed by atoms with Crippen LogP contribution >= 0.6 is 11.6 Å². The first kappa shape index (κ1) is 16.7. The maximum Gasteiger partial charge on any atom is 0.337 e. The molecule has 120 valence electrons. The quantitative estimate of drug-likeness (QED) is 0.733. The van der Waals surface area contributed by atoms with Crippen LogP contribution < -0.4 is 11.1 Å². The number of anilines is 1. The van der Waals surface area contributed by atoms with E-state index in [0.717, 1.165) is 0 Å². The van der Waals surface area contributed by atoms with Crippen molar-refractivity contribution in [3.05, 3.63) is 28.8 Å². The van der Waals surface area contributed by atoms with Crippen molar-refractivity contribution in [3.63, 3.8) is 0 Å². The van der Waals surface area contributed by atoms with Crippen molar-refractivity contribution < 1.29 is 19.4 Å². The molecule has 1 aliphatic rings. The second kappa shape index (κ2) is 7.55. The first-order valence-corrected chi connectivity index (χ1v) is 7.24. The minimum absolute atomic E-state index is 0.0472. The zero-order chi connectivity index (χ0) is 16.1. The third-order valence-electron chi connectivity index (χ3n) is 3.33. The topological polar surface area (TPSA) is 105 Å². The maximum atomic E-state index is 12.0. The van der Waals surface area contributed by atoms with Crippen molar-refractivity contribution in [3.8, 4) is 0 Å². The van der Waals surface area contributed by atoms with Gasteiger partial charge in [0, 0.05) is 25.3 Å². The van der Waals surface area contributed by atoms with Crippen LogP contribution in [0.3, 0.4) is 0 Å². The Bertz CT molecular complexity index is 567. The molecule has 1 fully saturated rings. The smallest absolute Gasteiger partial charge is 0.337 e. The van der Waals surface area contributed by atoms with Crippen LogP contribution in [-0.2, 0) is 9.53 Å². The molecule has 0 bridgehead atoms. The van der Waals surface area contributed by atoms with E-state index < -0.39 is 5.97 Å². The molecule has 1 heterocycles. The van der Waals surface area contributed by atoms with Gasteiger partial charge in [0.1, 0.15) is 0 Å². The zero-order valence-electron chi connectivity index (χ0n) is 11.9. The fourth-order valence-electron chi connectivity index (χ4n) is 2.24. The number of hydrogen-bond donors (Lipinski definition) is 3. The van der Waals surface area contributed by atoms with E-state index in [1.165, 1.54) is 12.1 Å². The van der Waals surface area contributed by atoms with Gasteiger partial charge in [-0.1, -0.05) is 11.6 Å². The van der Waals surface area contributed by atoms with Gasteiger partial charge in [-0.05, 0) is 18.2 Å². The average molecular weight is 328 g/mol. The second-order valence-corrected chi connectivity index (χ2v) is 5.42. The van der Waals surface area contributed by atoms with Crippen LogP contribution in [0.25, 0.3) is 0 Å². The van der Waals surface area contributed by atoms with Gasteiger partial charge in [-0.25, -0.2) is 4.79 Å². The van der Waals surface area contributed by atoms with E-state index in [1.807, 2.05) is 4.90 Å². The number of nitrogens with zero attached hydrogens (tertiary/aromatic N) is 1. The lowest BCUT2D eigenvalue weighted by Crippen LogP contribution is -2.48. The van der Waals surface area contributed by atoms with Crippen LogP contribution in [0.2, 0.25) is 5.02 Å². The molecular formula is C14H18ClN3O4. The third-order valence-corrected chi connectivity index (χ3v) is 3.66. The van der Waals surface area contributed by atoms with Gasteiger partial charge in [0.05, 0.1) is 29.8 Å². The highest BCUT2D eigenvalue weighted by Gasteiger charge is 2.21. The molecule has 7 nitrogen and oxygen atoms in total. The predicted molar refractivity (Wildman–Crippen MR) is 82.3 cm³/mol. The summed E-state index contributed by atoms with van der Waals surface area (Å²) in [5, 5.41) is 11.8. The highest BCUT2D eigenvalue weighted by atomic mass is 35.5. The molecule has 0 spiro atoms. The Morgan fingerprint density at radius 3 is 2.95 bits per heavy atom. The number of carbonyl (C=O) groups excluding carboxylic acids is 1. The number of nitrogens with one attached hydrogen (secondary N) is 1. The van der Waals surface area contributed by atoms with Gasteiger partial charge in [0.25, 0.3) is 0 Å². The highest BCUT2D eigenvalue weighted by Crippen LogP contribution is 2.20. The van der Waals surface area contributed by atoms with Gasteiger partial charge in [-0.3, -0.25) is 9.69 Å². The number of carbonyl (C=O) groups is 2. The highest BCUT2D eigenvalue weighted by molar-refractivity contribution is 6.33. The lowest BCUT2D eigenvalue weighted by Gasteiger charge is -2.31. The lowest BCUT2D eigenvalue weighted by molar-refractivity contribution is -0.119. The van der Waals surface area contributed by atoms with Crippen molar-refractivity contribution in [2.45, 2.75) is 6.10 Å². The summed E-state index contributed by atoms with van der Waals surface area (Å²) in [5.74, 6) is -1.36. The minimum atomic E-state index is -1.14. The molecule has 1 aromatic rings. The molecule has 0 radical (unpaired) electrons. The van der Waals surface area contributed by atoms with E-state index in [9.17, 15) is 9.59 Å². The monoisotopic (exact) mass is 327 g/mol. The minimum Gasteiger partial charge on any atom is -0.478 e. The normalized spacial score (nSPS) is 18.9. The van der Waals surface area contributed by atoms with Crippen molar-refractivity contribution in [2.75, 3.05) is 38.1 Å². The van der Waals surface area contributed by atoms with E-state index in [1.54, 1.807) is 6.07 Å². The van der Waals surface area contributed by atoms with Crippen molar-refractivity contribution in [1.82, 2.24) is 4.90 Å². The van der Waals surface area contributed by atoms with E-state index in [4.69, 9.17) is 27.2 Å². The maximum absolute atomic E-state index is 12.0. The Morgan fingerprint density at radius 2 is 2.27 bits per heavy atom. The molecule has 0 saturated carbocycles. The fraction of sp³-hybridized carbons (Fsp3) is 0.429. The molecule has 4 N–H and O–H groups in total. The largest absolute Gasteiger partial charge is 0.478 e. The number of carboxylic acids is 1. The summed E-state index contributed by atoms with van der Waals surface area (Å²) in [4.78, 5) is 25.0. The Kier molecular flexibility index (Phi) is 5.73. The summed E-state index contributed by atoms with van der Waals surface area (Å²) < 4.78 is 5.43. The molecule has 1 atom stereocenters. The van der Waals surface area contributed by atoms with Crippen LogP contribution in [0.5, 0.6) is 0 Å². The molecule has 0 aromatic heterocycles. The number of morpholine rings is 1. The van der Waals surface area contributed by atoms with Crippen LogP contribution in [0.1, 0.15) is 10.4 Å². The molecule has 1 aliphatic heterocycles. The summed E-state index contributed by atoms with van der Waals surface area (Å²) in [7, 11) is 0. The molecule has 0 unspecified atom stereocenters. The van der Waals surface area contributed by atoms with Crippen molar-refractivity contribution >= 4 is 29.2 Å². The third kappa shape index (κ3) is 4.41. The molecule has 1 saturated heterocycles. The number of amides is 1. The molecule has 2 rings (SSSR count). The van der Waals surface area contributed by atoms with Gasteiger partial charge < -0.3 is 20.9 Å². The number of ether oxygens (including phenoxy) is 1. The van der Waals surface area contributed by atoms with E-state index in [-0.39, 0.29) is 29.1 Å². The summed E-state index contributed by atoms with van der Waals surface area (Å²) in [5.41, 5.74) is 5.91. The molecule has 1 amide bonds. The number of nitrogens with two attached hydrogens (primary N) is 1. The van der Waals surface area contributed by atoms with Crippen LogP contribution in [0.15, 0.2) is 18.2 Å². The second-order valence-electron chi connectivity index (χ2n) is 5.01. The SMILES string of the molecule is NC[C@@H]1CN(CC(=O)Nc2ccc(Cl)c(C(=O)O)c2)CCO1. The molecule has 0 aliphatic carbocycles. The van der Waals surface area contributed by atoms with Crippen LogP contribution in [0, 0.1) is 0 Å². The van der Waals surface area contributed by atoms with Gasteiger partial charge in [0.15, 0.2) is 0 Å². The number of hydrogen-bond acceptors (Lipinski definition) is 5. The van der Waals surface area contributed by atoms with E-state index in [0.29, 0.717) is 31.9 Å². The number of rotatable bonds is 5. The Balaban J connectivity index is 1.94. The Hall–Kier alpha value is -1.67. The number of carboxylic acid groups (broad SMARTS) is 1. The van der Waals surface area contributed by atoms with Gasteiger partial charge >= 0.3 is 5.97 Å². The summed E-state index contributed by atoms with van der Waals surface area (Å²) in [6.45, 7) is 2.41. The predicted octanol–water partition coefficient (Wildman–Crippen LogP) is 0.636. The first-order valence-electron chi connectivity index (χ1n) is 6.86. The van der Waals surface area contributed by atoms with Gasteiger partial charge in [0.2, 0.25) is 5.91 Å². The first-order chi connectivity index (χ1) is 10.5. The Morgan fingerprint density at radius 1 is 1.50 bits per heavy atom. The van der Waals surface area contributed by atoms with Crippen molar-refractivity contribution in [1.29, 1.82) is 0 Å². The summed E-state index contributed by atoms with van der Waals surface area (Å²) >= 11 is 5.79. The van der Waals surface area contributed by atoms with E-state index >= 15 is 0 Å². The fourth-order valence-corrected chi connectivity index (χ4v) is 2.44. The number of halogens is 1. The van der Waals surface area contributed by atoms with Gasteiger partial charge in [-0.2, -0.15) is 0 Å². The summed E-state index contributed by atoms with van der Waals surface area (Å²) in [6, 6.07) is 4.35. The van der Waals surface area contributed by atoms with Crippen molar-refractivity contribution in [2.24, 2.45) is 5.73 Å². The molecular weight excluding hydrogens is 310 g/mol. The molecule has 22 heavy (non-hydrogen) atoms. The molecule has 1 aromatic carbocycles. The average Bonchev–Trinajstić information content (AvgIpc) is 2.49. The summed E-state index contributed by atoms with van der Waals surface area (Å²) in [6.07, 6.45) is -0.0595. The lowest BCUT2D eigenvalue weighted by atomic mass is 10.2. The Labute approximate surface area is 133 Å². The number of aromatic carboxylic acids is 1. The van der Waals surface area contributed by atoms with Crippen LogP contribution in [-0.4, -0.2) is 60.8 Å². The standard InChI is InChI=1S/C14H18ClN3O4/c15-12-2-1-9(5-11(12)14(20)21)17-13(19)8-18-3-4-22-10(6-16)7-18/h1-2,5,10H,3-4,6-8,16H2,(H,17,19)(H,20,21)/t10-/m1/s1. The van der Waals surface area contributed by atoms with Crippen LogP contribution in [0.4, 0.5) is 5.69 Å². The molecule has 8 heteroatoms. The zero-order valence-corrected chi connectivity index (χ0v) is 12.7. The number of benzene rings is 1. The van der Waals surface area contributed by atoms with E-state index in [2.05, 4.69) is 5.32 Å².